The lowest BCUT2D eigenvalue weighted by atomic mass is 10.2. The molecule has 1 aromatic heterocycles. The maximum Gasteiger partial charge on any atom is 0.277 e. The molecule has 2 aliphatic heterocycles. The van der Waals surface area contributed by atoms with Crippen molar-refractivity contribution in [3.05, 3.63) is 24.3 Å². The Morgan fingerprint density at radius 2 is 1.93 bits per heavy atom. The van der Waals surface area contributed by atoms with Gasteiger partial charge >= 0.3 is 0 Å². The van der Waals surface area contributed by atoms with Crippen LogP contribution in [0.5, 0.6) is 0 Å². The topological polar surface area (TPSA) is 105 Å². The first-order valence-electron chi connectivity index (χ1n) is 9.92. The van der Waals surface area contributed by atoms with Crippen LogP contribution in [0.3, 0.4) is 0 Å². The number of benzene rings is 1. The van der Waals surface area contributed by atoms with E-state index in [1.807, 2.05) is 0 Å². The highest BCUT2D eigenvalue weighted by Gasteiger charge is 2.27. The standard InChI is InChI=1S/C19H24N4O4S2/c24-17-16(9-2-3-10-20-17)28-19-22-21-18(27-19)14-7-6-8-15(13-14)29(25,26)23-11-4-1-5-12-23/h6-8,13,16H,1-5,9-12H2,(H,20,24). The molecule has 1 unspecified atom stereocenters. The highest BCUT2D eigenvalue weighted by atomic mass is 32.2. The van der Waals surface area contributed by atoms with E-state index in [4.69, 9.17) is 4.42 Å². The van der Waals surface area contributed by atoms with Gasteiger partial charge in [-0.25, -0.2) is 8.42 Å². The number of thioether (sulfide) groups is 1. The number of piperidine rings is 1. The summed E-state index contributed by atoms with van der Waals surface area (Å²) in [5.41, 5.74) is 0.549. The second-order valence-corrected chi connectivity index (χ2v) is 10.4. The summed E-state index contributed by atoms with van der Waals surface area (Å²) in [5.74, 6) is 0.235. The van der Waals surface area contributed by atoms with E-state index in [2.05, 4.69) is 15.5 Å². The minimum absolute atomic E-state index is 0.0122. The third-order valence-corrected chi connectivity index (χ3v) is 8.16. The summed E-state index contributed by atoms with van der Waals surface area (Å²) >= 11 is 1.26. The molecule has 1 aromatic carbocycles. The Balaban J connectivity index is 1.52. The van der Waals surface area contributed by atoms with Crippen LogP contribution in [0.15, 0.2) is 38.8 Å². The molecule has 0 saturated carbocycles. The third-order valence-electron chi connectivity index (χ3n) is 5.17. The van der Waals surface area contributed by atoms with E-state index in [0.29, 0.717) is 30.4 Å². The minimum Gasteiger partial charge on any atom is -0.411 e. The zero-order chi connectivity index (χ0) is 20.3. The highest BCUT2D eigenvalue weighted by Crippen LogP contribution is 2.30. The fourth-order valence-electron chi connectivity index (χ4n) is 3.56. The van der Waals surface area contributed by atoms with Gasteiger partial charge in [-0.15, -0.1) is 10.2 Å². The Labute approximate surface area is 174 Å². The predicted octanol–water partition coefficient (Wildman–Crippen LogP) is 2.67. The van der Waals surface area contributed by atoms with Crippen LogP contribution in [-0.4, -0.2) is 53.7 Å². The molecule has 2 saturated heterocycles. The summed E-state index contributed by atoms with van der Waals surface area (Å²) in [6.07, 6.45) is 5.53. The smallest absolute Gasteiger partial charge is 0.277 e. The van der Waals surface area contributed by atoms with Crippen LogP contribution in [0.4, 0.5) is 0 Å². The largest absolute Gasteiger partial charge is 0.411 e. The van der Waals surface area contributed by atoms with E-state index in [-0.39, 0.29) is 21.9 Å². The van der Waals surface area contributed by atoms with Crippen molar-refractivity contribution >= 4 is 27.7 Å². The van der Waals surface area contributed by atoms with Gasteiger partial charge in [0.2, 0.25) is 21.8 Å². The first-order valence-corrected chi connectivity index (χ1v) is 12.2. The Morgan fingerprint density at radius 1 is 1.10 bits per heavy atom. The molecule has 3 heterocycles. The first-order chi connectivity index (χ1) is 14.0. The van der Waals surface area contributed by atoms with E-state index in [1.54, 1.807) is 24.3 Å². The van der Waals surface area contributed by atoms with Gasteiger partial charge in [0.1, 0.15) is 0 Å². The van der Waals surface area contributed by atoms with Gasteiger partial charge in [0.05, 0.1) is 10.1 Å². The van der Waals surface area contributed by atoms with Crippen LogP contribution in [-0.2, 0) is 14.8 Å². The monoisotopic (exact) mass is 436 g/mol. The molecule has 2 aromatic rings. The summed E-state index contributed by atoms with van der Waals surface area (Å²) in [6, 6.07) is 6.59. The number of amides is 1. The molecule has 29 heavy (non-hydrogen) atoms. The summed E-state index contributed by atoms with van der Waals surface area (Å²) in [5, 5.41) is 11.0. The number of rotatable bonds is 5. The fourth-order valence-corrected chi connectivity index (χ4v) is 6.06. The maximum atomic E-state index is 12.9. The molecule has 1 atom stereocenters. The average Bonchev–Trinajstić information content (AvgIpc) is 3.12. The normalized spacial score (nSPS) is 21.5. The summed E-state index contributed by atoms with van der Waals surface area (Å²) < 4.78 is 33.1. The van der Waals surface area contributed by atoms with Gasteiger partial charge in [0.15, 0.2) is 0 Å². The van der Waals surface area contributed by atoms with Crippen molar-refractivity contribution < 1.29 is 17.6 Å². The number of hydrogen-bond donors (Lipinski definition) is 1. The minimum atomic E-state index is -3.53. The highest BCUT2D eigenvalue weighted by molar-refractivity contribution is 8.00. The van der Waals surface area contributed by atoms with Crippen molar-refractivity contribution in [1.82, 2.24) is 19.8 Å². The lowest BCUT2D eigenvalue weighted by Gasteiger charge is -2.25. The molecular weight excluding hydrogens is 412 g/mol. The molecular formula is C19H24N4O4S2. The van der Waals surface area contributed by atoms with Crippen molar-refractivity contribution in [2.45, 2.75) is 53.9 Å². The number of aromatic nitrogens is 2. The third kappa shape index (κ3) is 4.65. The lowest BCUT2D eigenvalue weighted by Crippen LogP contribution is -2.35. The lowest BCUT2D eigenvalue weighted by molar-refractivity contribution is -0.120. The molecule has 8 nitrogen and oxygen atoms in total. The van der Waals surface area contributed by atoms with Gasteiger partial charge in [-0.2, -0.15) is 4.31 Å². The fraction of sp³-hybridized carbons (Fsp3) is 0.526. The Hall–Kier alpha value is -1.91. The van der Waals surface area contributed by atoms with E-state index < -0.39 is 10.0 Å². The Morgan fingerprint density at radius 3 is 2.76 bits per heavy atom. The van der Waals surface area contributed by atoms with Crippen LogP contribution in [0.25, 0.3) is 11.5 Å². The molecule has 2 fully saturated rings. The van der Waals surface area contributed by atoms with E-state index in [9.17, 15) is 13.2 Å². The van der Waals surface area contributed by atoms with Crippen LogP contribution in [0.1, 0.15) is 38.5 Å². The zero-order valence-corrected chi connectivity index (χ0v) is 17.7. The molecule has 1 amide bonds. The number of nitrogens with one attached hydrogen (secondary N) is 1. The van der Waals surface area contributed by atoms with Gasteiger partial charge in [-0.05, 0) is 43.9 Å². The molecule has 1 N–H and O–H groups in total. The number of nitrogens with zero attached hydrogens (tertiary/aromatic N) is 3. The maximum absolute atomic E-state index is 12.9. The van der Waals surface area contributed by atoms with Gasteiger partial charge in [0, 0.05) is 25.2 Å². The zero-order valence-electron chi connectivity index (χ0n) is 16.0. The predicted molar refractivity (Wildman–Crippen MR) is 109 cm³/mol. The second kappa shape index (κ2) is 8.85. The van der Waals surface area contributed by atoms with E-state index in [0.717, 1.165) is 38.5 Å². The molecule has 0 bridgehead atoms. The summed E-state index contributed by atoms with van der Waals surface area (Å²) in [6.45, 7) is 1.80. The molecule has 4 rings (SSSR count). The van der Waals surface area contributed by atoms with E-state index in [1.165, 1.54) is 16.1 Å². The van der Waals surface area contributed by atoms with Crippen molar-refractivity contribution in [1.29, 1.82) is 0 Å². The van der Waals surface area contributed by atoms with Gasteiger partial charge in [-0.3, -0.25) is 4.79 Å². The van der Waals surface area contributed by atoms with Crippen molar-refractivity contribution in [2.75, 3.05) is 19.6 Å². The van der Waals surface area contributed by atoms with Gasteiger partial charge in [0.25, 0.3) is 5.22 Å². The molecule has 156 valence electrons. The SMILES string of the molecule is O=C1NCCCCC1Sc1nnc(-c2cccc(S(=O)(=O)N3CCCCC3)c2)o1. The average molecular weight is 437 g/mol. The van der Waals surface area contributed by atoms with Gasteiger partial charge in [-0.1, -0.05) is 30.7 Å². The summed E-state index contributed by atoms with van der Waals surface area (Å²) in [4.78, 5) is 12.3. The molecule has 0 spiro atoms. The second-order valence-electron chi connectivity index (χ2n) is 7.26. The number of carbonyl (C=O) groups excluding carboxylic acids is 1. The molecule has 0 radical (unpaired) electrons. The quantitative estimate of drug-likeness (QED) is 0.768. The van der Waals surface area contributed by atoms with E-state index >= 15 is 0 Å². The van der Waals surface area contributed by atoms with Crippen LogP contribution in [0, 0.1) is 0 Å². The van der Waals surface area contributed by atoms with Crippen LogP contribution in [0.2, 0.25) is 0 Å². The van der Waals surface area contributed by atoms with Crippen molar-refractivity contribution in [3.63, 3.8) is 0 Å². The number of carbonyl (C=O) groups is 1. The van der Waals surface area contributed by atoms with Crippen LogP contribution >= 0.6 is 11.8 Å². The first kappa shape index (κ1) is 20.4. The Bertz CT molecular complexity index is 970. The van der Waals surface area contributed by atoms with Crippen LogP contribution < -0.4 is 5.32 Å². The molecule has 10 heteroatoms. The Kier molecular flexibility index (Phi) is 6.21. The van der Waals surface area contributed by atoms with Crippen molar-refractivity contribution in [2.24, 2.45) is 0 Å². The molecule has 2 aliphatic rings. The van der Waals surface area contributed by atoms with Gasteiger partial charge < -0.3 is 9.73 Å². The van der Waals surface area contributed by atoms with Crippen molar-refractivity contribution in [3.8, 4) is 11.5 Å². The molecule has 0 aliphatic carbocycles. The summed E-state index contributed by atoms with van der Waals surface area (Å²) in [7, 11) is -3.53. The number of hydrogen-bond acceptors (Lipinski definition) is 7. The number of sulfonamides is 1.